The normalized spacial score (nSPS) is 11.2. The molecule has 3 aromatic carbocycles. The van der Waals surface area contributed by atoms with Crippen molar-refractivity contribution in [1.29, 1.82) is 0 Å². The van der Waals surface area contributed by atoms with Crippen molar-refractivity contribution in [3.63, 3.8) is 0 Å². The van der Waals surface area contributed by atoms with E-state index in [9.17, 15) is 13.2 Å². The summed E-state index contributed by atoms with van der Waals surface area (Å²) in [4.78, 5) is 20.6. The summed E-state index contributed by atoms with van der Waals surface area (Å²) in [5, 5.41) is 3.43. The average Bonchev–Trinajstić information content (AvgIpc) is 2.80. The van der Waals surface area contributed by atoms with Crippen LogP contribution in [0.4, 0.5) is 17.3 Å². The molecule has 4 aromatic rings. The number of halogens is 1. The fraction of sp³-hybridized carbons (Fsp3) is 0.0870. The van der Waals surface area contributed by atoms with Crippen LogP contribution < -0.4 is 14.8 Å². The molecule has 1 aromatic heterocycles. The lowest BCUT2D eigenvalue weighted by Crippen LogP contribution is -2.16. The number of sulfonamides is 1. The number of Topliss-reactive ketones (excluding diaryl/α,β-unsaturated/α-hetero) is 1. The summed E-state index contributed by atoms with van der Waals surface area (Å²) in [7, 11) is -2.55. The first-order valence-electron chi connectivity index (χ1n) is 9.78. The number of hydrogen-bond acceptors (Lipinski definition) is 7. The number of methoxy groups -OCH3 is 1. The van der Waals surface area contributed by atoms with Gasteiger partial charge in [0.1, 0.15) is 5.75 Å². The van der Waals surface area contributed by atoms with Crippen LogP contribution in [0.25, 0.3) is 11.0 Å². The van der Waals surface area contributed by atoms with Gasteiger partial charge in [-0.2, -0.15) is 0 Å². The Kier molecular flexibility index (Phi) is 6.17. The molecule has 8 nitrogen and oxygen atoms in total. The van der Waals surface area contributed by atoms with E-state index in [-0.39, 0.29) is 27.9 Å². The predicted octanol–water partition coefficient (Wildman–Crippen LogP) is 5.04. The van der Waals surface area contributed by atoms with Crippen molar-refractivity contribution in [3.05, 3.63) is 77.3 Å². The molecule has 0 saturated carbocycles. The van der Waals surface area contributed by atoms with Gasteiger partial charge < -0.3 is 10.1 Å². The number of ketones is 1. The molecule has 0 fully saturated rings. The molecule has 0 aliphatic carbocycles. The highest BCUT2D eigenvalue weighted by molar-refractivity contribution is 7.92. The number of anilines is 3. The zero-order valence-corrected chi connectivity index (χ0v) is 19.2. The Morgan fingerprint density at radius 1 is 0.939 bits per heavy atom. The van der Waals surface area contributed by atoms with Gasteiger partial charge in [-0.05, 0) is 43.3 Å². The summed E-state index contributed by atoms with van der Waals surface area (Å²) in [5.74, 6) is 0.433. The van der Waals surface area contributed by atoms with Gasteiger partial charge >= 0.3 is 0 Å². The third kappa shape index (κ3) is 4.89. The molecule has 0 spiro atoms. The summed E-state index contributed by atoms with van der Waals surface area (Å²) in [6.45, 7) is 1.37. The molecule has 0 amide bonds. The Balaban J connectivity index is 1.80. The van der Waals surface area contributed by atoms with Crippen molar-refractivity contribution in [3.8, 4) is 5.75 Å². The van der Waals surface area contributed by atoms with Crippen LogP contribution in [0.2, 0.25) is 5.02 Å². The molecule has 0 saturated heterocycles. The van der Waals surface area contributed by atoms with E-state index in [0.717, 1.165) is 0 Å². The quantitative estimate of drug-likeness (QED) is 0.355. The van der Waals surface area contributed by atoms with E-state index in [2.05, 4.69) is 20.0 Å². The summed E-state index contributed by atoms with van der Waals surface area (Å²) in [6, 6.07) is 17.8. The first-order chi connectivity index (χ1) is 15.8. The van der Waals surface area contributed by atoms with Crippen LogP contribution in [0.15, 0.2) is 71.6 Å². The third-order valence-corrected chi connectivity index (χ3v) is 6.45. The van der Waals surface area contributed by atoms with E-state index in [1.165, 1.54) is 32.2 Å². The number of ether oxygens (including phenoxy) is 1. The summed E-state index contributed by atoms with van der Waals surface area (Å²) >= 11 is 6.31. The van der Waals surface area contributed by atoms with E-state index in [4.69, 9.17) is 16.3 Å². The molecule has 168 valence electrons. The maximum absolute atomic E-state index is 13.1. The standard InChI is InChI=1S/C23H19ClN4O4S/c1-14(29)15-6-5-7-17(12-15)33(30,31)28-23-22(25-19-8-3-4-9-20(19)26-23)27-21-13-16(32-2)10-11-18(21)24/h3-13H,1-2H3,(H,25,27)(H,26,28). The zero-order valence-electron chi connectivity index (χ0n) is 17.7. The fourth-order valence-electron chi connectivity index (χ4n) is 3.08. The largest absolute Gasteiger partial charge is 0.497 e. The Morgan fingerprint density at radius 2 is 1.64 bits per heavy atom. The minimum Gasteiger partial charge on any atom is -0.497 e. The molecule has 1 heterocycles. The third-order valence-electron chi connectivity index (χ3n) is 4.78. The van der Waals surface area contributed by atoms with Crippen LogP contribution in [-0.2, 0) is 10.0 Å². The van der Waals surface area contributed by atoms with Crippen LogP contribution >= 0.6 is 11.6 Å². The monoisotopic (exact) mass is 482 g/mol. The van der Waals surface area contributed by atoms with Crippen LogP contribution in [0.5, 0.6) is 5.75 Å². The van der Waals surface area contributed by atoms with Crippen molar-refractivity contribution in [2.24, 2.45) is 0 Å². The SMILES string of the molecule is COc1ccc(Cl)c(Nc2nc3ccccc3nc2NS(=O)(=O)c2cccc(C(C)=O)c2)c1. The number of hydrogen-bond donors (Lipinski definition) is 2. The second-order valence-corrected chi connectivity index (χ2v) is 9.16. The van der Waals surface area contributed by atoms with Crippen LogP contribution in [-0.4, -0.2) is 31.3 Å². The second kappa shape index (κ2) is 9.05. The number of nitrogens with one attached hydrogen (secondary N) is 2. The number of carbonyl (C=O) groups is 1. The Bertz CT molecular complexity index is 1470. The Labute approximate surface area is 195 Å². The number of benzene rings is 3. The van der Waals surface area contributed by atoms with E-state index < -0.39 is 10.0 Å². The molecule has 0 unspecified atom stereocenters. The highest BCUT2D eigenvalue weighted by Gasteiger charge is 2.20. The molecule has 0 aliphatic rings. The van der Waals surface area contributed by atoms with Gasteiger partial charge in [-0.25, -0.2) is 18.4 Å². The number of aromatic nitrogens is 2. The van der Waals surface area contributed by atoms with Gasteiger partial charge in [-0.1, -0.05) is 35.9 Å². The minimum absolute atomic E-state index is 0.0270. The van der Waals surface area contributed by atoms with Gasteiger partial charge in [0, 0.05) is 11.6 Å². The van der Waals surface area contributed by atoms with Crippen LogP contribution in [0, 0.1) is 0 Å². The topological polar surface area (TPSA) is 110 Å². The smallest absolute Gasteiger partial charge is 0.263 e. The van der Waals surface area contributed by atoms with E-state index in [1.54, 1.807) is 48.5 Å². The lowest BCUT2D eigenvalue weighted by molar-refractivity contribution is 0.101. The molecule has 0 bridgehead atoms. The average molecular weight is 483 g/mol. The number of para-hydroxylation sites is 2. The lowest BCUT2D eigenvalue weighted by atomic mass is 10.2. The molecule has 4 rings (SSSR count). The van der Waals surface area contributed by atoms with E-state index in [0.29, 0.717) is 27.5 Å². The summed E-state index contributed by atoms with van der Waals surface area (Å²) < 4.78 is 34.0. The Hall–Kier alpha value is -3.69. The van der Waals surface area contributed by atoms with Gasteiger partial charge in [-0.3, -0.25) is 9.52 Å². The molecule has 10 heteroatoms. The molecular formula is C23H19ClN4O4S. The van der Waals surface area contributed by atoms with Gasteiger partial charge in [0.15, 0.2) is 17.4 Å². The number of carbonyl (C=O) groups excluding carboxylic acids is 1. The maximum Gasteiger partial charge on any atom is 0.263 e. The second-order valence-electron chi connectivity index (χ2n) is 7.07. The van der Waals surface area contributed by atoms with Gasteiger partial charge in [-0.15, -0.1) is 0 Å². The molecular weight excluding hydrogens is 464 g/mol. The van der Waals surface area contributed by atoms with Gasteiger partial charge in [0.25, 0.3) is 10.0 Å². The Morgan fingerprint density at radius 3 is 2.30 bits per heavy atom. The number of rotatable bonds is 7. The highest BCUT2D eigenvalue weighted by atomic mass is 35.5. The minimum atomic E-state index is -4.08. The molecule has 0 aliphatic heterocycles. The molecule has 0 radical (unpaired) electrons. The van der Waals surface area contributed by atoms with Crippen LogP contribution in [0.3, 0.4) is 0 Å². The van der Waals surface area contributed by atoms with E-state index >= 15 is 0 Å². The van der Waals surface area contributed by atoms with E-state index in [1.807, 2.05) is 0 Å². The van der Waals surface area contributed by atoms with Crippen molar-refractivity contribution >= 4 is 55.8 Å². The van der Waals surface area contributed by atoms with Crippen molar-refractivity contribution < 1.29 is 17.9 Å². The van der Waals surface area contributed by atoms with Crippen molar-refractivity contribution in [2.45, 2.75) is 11.8 Å². The van der Waals surface area contributed by atoms with Crippen molar-refractivity contribution in [1.82, 2.24) is 9.97 Å². The molecule has 2 N–H and O–H groups in total. The summed E-state index contributed by atoms with van der Waals surface area (Å²) in [5.41, 5.74) is 1.79. The summed E-state index contributed by atoms with van der Waals surface area (Å²) in [6.07, 6.45) is 0. The predicted molar refractivity (Wildman–Crippen MR) is 128 cm³/mol. The molecule has 33 heavy (non-hydrogen) atoms. The van der Waals surface area contributed by atoms with Crippen LogP contribution in [0.1, 0.15) is 17.3 Å². The fourth-order valence-corrected chi connectivity index (χ4v) is 4.30. The van der Waals surface area contributed by atoms with Gasteiger partial charge in [0.05, 0.1) is 33.7 Å². The maximum atomic E-state index is 13.1. The lowest BCUT2D eigenvalue weighted by Gasteiger charge is -2.15. The zero-order chi connectivity index (χ0) is 23.6. The molecule has 0 atom stereocenters. The number of fused-ring (bicyclic) bond motifs is 1. The highest BCUT2D eigenvalue weighted by Crippen LogP contribution is 2.32. The first kappa shape index (κ1) is 22.5. The number of nitrogens with zero attached hydrogens (tertiary/aromatic N) is 2. The van der Waals surface area contributed by atoms with Gasteiger partial charge in [0.2, 0.25) is 0 Å². The first-order valence-corrected chi connectivity index (χ1v) is 11.6. The van der Waals surface area contributed by atoms with Crippen molar-refractivity contribution in [2.75, 3.05) is 17.1 Å².